The van der Waals surface area contributed by atoms with Crippen LogP contribution >= 0.6 is 20.0 Å². The number of guanidine groups is 1. The van der Waals surface area contributed by atoms with Crippen molar-refractivity contribution in [3.63, 3.8) is 0 Å². The Morgan fingerprint density at radius 2 is 1.67 bits per heavy atom. The molecule has 0 aliphatic rings. The zero-order valence-electron chi connectivity index (χ0n) is 5.80. The van der Waals surface area contributed by atoms with Gasteiger partial charge in [-0.1, -0.05) is 0 Å². The zero-order valence-corrected chi connectivity index (χ0v) is 7.51. The molecule has 0 radical (unpaired) electrons. The van der Waals surface area contributed by atoms with E-state index in [0.29, 0.717) is 0 Å². The van der Waals surface area contributed by atoms with E-state index in [9.17, 15) is 0 Å². The quantitative estimate of drug-likeness (QED) is 0.101. The topological polar surface area (TPSA) is 173 Å². The molecule has 12 heavy (non-hydrogen) atoms. The van der Waals surface area contributed by atoms with E-state index in [1.54, 1.807) is 0 Å². The minimum Gasteiger partial charge on any atom is -0.756 e. The van der Waals surface area contributed by atoms with Gasteiger partial charge in [0.25, 0.3) is 12.9 Å². The third kappa shape index (κ3) is 59.3. The van der Waals surface area contributed by atoms with E-state index in [4.69, 9.17) is 36.4 Å². The van der Waals surface area contributed by atoms with Gasteiger partial charge in [-0.15, -0.1) is 0 Å². The predicted octanol–water partition coefficient (Wildman–Crippen LogP) is -4.98. The van der Waals surface area contributed by atoms with Gasteiger partial charge in [0.1, 0.15) is 0 Å². The van der Waals surface area contributed by atoms with E-state index in [0.717, 1.165) is 0 Å². The Balaban J connectivity index is 0. The minimum absolute atomic E-state index is 0.0208. The molecule has 0 aliphatic carbocycles. The summed E-state index contributed by atoms with van der Waals surface area (Å²) in [6.07, 6.45) is 0. The van der Waals surface area contributed by atoms with E-state index in [1.807, 2.05) is 0 Å². The maximum atomic E-state index is 8.77. The van der Waals surface area contributed by atoms with Crippen molar-refractivity contribution in [2.75, 3.05) is 0 Å². The summed E-state index contributed by atoms with van der Waals surface area (Å²) in [6.45, 7) is 0. The molecule has 0 saturated heterocycles. The van der Waals surface area contributed by atoms with Crippen molar-refractivity contribution in [2.24, 2.45) is 17.2 Å². The van der Waals surface area contributed by atoms with Gasteiger partial charge in [0.05, 0.1) is 0 Å². The summed E-state index contributed by atoms with van der Waals surface area (Å²) in [5.41, 5.74) is 14.8. The van der Waals surface area contributed by atoms with Gasteiger partial charge in [-0.3, -0.25) is 4.57 Å². The Morgan fingerprint density at radius 1 is 1.42 bits per heavy atom. The third-order valence-electron chi connectivity index (χ3n) is 0.268. The number of phosphoric acid groups is 1. The van der Waals surface area contributed by atoms with Gasteiger partial charge in [0.2, 0.25) is 0 Å². The Kier molecular flexibility index (Phi) is 6.76. The van der Waals surface area contributed by atoms with Crippen molar-refractivity contribution in [3.05, 3.63) is 0 Å². The van der Waals surface area contributed by atoms with Crippen LogP contribution in [0.5, 0.6) is 0 Å². The Morgan fingerprint density at radius 3 is 1.67 bits per heavy atom. The molecular formula is C2H9N4O4PS. The van der Waals surface area contributed by atoms with Crippen LogP contribution in [0, 0.1) is 0 Å². The average Bonchev–Trinajstić information content (AvgIpc) is 1.52. The molecule has 0 fully saturated rings. The summed E-state index contributed by atoms with van der Waals surface area (Å²) in [4.78, 5) is 25.2. The highest BCUT2D eigenvalue weighted by Gasteiger charge is 1.83. The second-order valence-electron chi connectivity index (χ2n) is 1.44. The number of thiocarbonyl (C=S) groups is 1. The van der Waals surface area contributed by atoms with Crippen LogP contribution in [-0.4, -0.2) is 20.9 Å². The number of hydrogen-bond acceptors (Lipinski definition) is 3. The van der Waals surface area contributed by atoms with Gasteiger partial charge >= 0.3 is 5.96 Å². The largest absolute Gasteiger partial charge is 0.756 e. The molecule has 0 aromatic heterocycles. The van der Waals surface area contributed by atoms with Crippen LogP contribution in [0.4, 0.5) is 0 Å². The first-order chi connectivity index (χ1) is 5.13. The fourth-order valence-electron chi connectivity index (χ4n) is 0.142. The molecule has 9 N–H and O–H groups in total. The van der Waals surface area contributed by atoms with Crippen LogP contribution in [0.15, 0.2) is 0 Å². The van der Waals surface area contributed by atoms with Crippen molar-refractivity contribution < 1.29 is 24.2 Å². The van der Waals surface area contributed by atoms with Crippen molar-refractivity contribution in [2.45, 2.75) is 0 Å². The van der Waals surface area contributed by atoms with Crippen molar-refractivity contribution >= 4 is 31.1 Å². The van der Waals surface area contributed by atoms with E-state index < -0.39 is 7.82 Å². The summed E-state index contributed by atoms with van der Waals surface area (Å²) in [7, 11) is -4.89. The first-order valence-corrected chi connectivity index (χ1v) is 4.27. The van der Waals surface area contributed by atoms with Gasteiger partial charge in [0.15, 0.2) is 0 Å². The molecular weight excluding hydrogens is 207 g/mol. The van der Waals surface area contributed by atoms with Gasteiger partial charge in [-0.25, -0.2) is 4.99 Å². The van der Waals surface area contributed by atoms with Gasteiger partial charge in [-0.2, -0.15) is 0 Å². The summed E-state index contributed by atoms with van der Waals surface area (Å²) >= 11 is 4.36. The van der Waals surface area contributed by atoms with Gasteiger partial charge < -0.3 is 31.9 Å². The SMILES string of the molecule is NC(=S)[NH+]=C(N)N.O=P([O-])(O)O. The highest BCUT2D eigenvalue weighted by atomic mass is 32.1. The van der Waals surface area contributed by atoms with Gasteiger partial charge in [-0.05, 0) is 12.2 Å². The van der Waals surface area contributed by atoms with E-state index >= 15 is 0 Å². The lowest BCUT2D eigenvalue weighted by Gasteiger charge is -2.01. The lowest BCUT2D eigenvalue weighted by molar-refractivity contribution is -0.315. The fourth-order valence-corrected chi connectivity index (χ4v) is 0.260. The van der Waals surface area contributed by atoms with Crippen molar-refractivity contribution in [1.82, 2.24) is 0 Å². The van der Waals surface area contributed by atoms with Gasteiger partial charge in [0, 0.05) is 0 Å². The van der Waals surface area contributed by atoms with E-state index in [1.165, 1.54) is 0 Å². The molecule has 8 nitrogen and oxygen atoms in total. The number of hydrogen-bond donors (Lipinski definition) is 6. The first-order valence-electron chi connectivity index (χ1n) is 2.34. The summed E-state index contributed by atoms with van der Waals surface area (Å²) < 4.78 is 8.77. The van der Waals surface area contributed by atoms with Crippen LogP contribution in [0.1, 0.15) is 0 Å². The minimum atomic E-state index is -4.89. The van der Waals surface area contributed by atoms with E-state index in [-0.39, 0.29) is 11.1 Å². The lowest BCUT2D eigenvalue weighted by atomic mass is 11.0. The molecule has 0 atom stereocenters. The molecule has 0 rings (SSSR count). The number of nitrogens with two attached hydrogens (primary N) is 3. The second-order valence-corrected chi connectivity index (χ2v) is 2.86. The molecule has 72 valence electrons. The Labute approximate surface area is 73.3 Å². The third-order valence-corrected chi connectivity index (χ3v) is 0.370. The Hall–Kier alpha value is -0.730. The summed E-state index contributed by atoms with van der Waals surface area (Å²) in [5.74, 6) is 0.0208. The standard InChI is InChI=1S/C2H6N4S.H3O4P/c3-1(4)6-2(5)7;1-5(2,3)4/h(H6,3,4,5,6,7);(H3,1,2,3,4). The molecule has 0 spiro atoms. The Bertz CT molecular complexity index is 211. The molecule has 0 heterocycles. The maximum absolute atomic E-state index is 8.77. The van der Waals surface area contributed by atoms with Crippen LogP contribution in [-0.2, 0) is 4.57 Å². The highest BCUT2D eigenvalue weighted by molar-refractivity contribution is 7.79. The molecule has 0 aromatic carbocycles. The maximum Gasteiger partial charge on any atom is 0.303 e. The molecule has 0 bridgehead atoms. The van der Waals surface area contributed by atoms with Crippen LogP contribution in [0.25, 0.3) is 0 Å². The fraction of sp³-hybridized carbons (Fsp3) is 0. The zero-order chi connectivity index (χ0) is 10.4. The molecule has 0 saturated carbocycles. The first kappa shape index (κ1) is 13.8. The van der Waals surface area contributed by atoms with E-state index in [2.05, 4.69) is 17.2 Å². The van der Waals surface area contributed by atoms with Crippen molar-refractivity contribution in [1.29, 1.82) is 0 Å². The van der Waals surface area contributed by atoms with Crippen molar-refractivity contribution in [3.8, 4) is 0 Å². The molecule has 10 heteroatoms. The molecule has 0 unspecified atom stereocenters. The average molecular weight is 216 g/mol. The predicted molar refractivity (Wildman–Crippen MR) is 43.2 cm³/mol. The lowest BCUT2D eigenvalue weighted by Crippen LogP contribution is -2.83. The van der Waals surface area contributed by atoms with Crippen LogP contribution in [0.2, 0.25) is 0 Å². The van der Waals surface area contributed by atoms with Crippen LogP contribution < -0.4 is 27.1 Å². The second kappa shape index (κ2) is 5.86. The number of rotatable bonds is 0. The smallest absolute Gasteiger partial charge is 0.303 e. The summed E-state index contributed by atoms with van der Waals surface area (Å²) in [5, 5.41) is 0.0833. The normalized spacial score (nSPS) is 9.25. The summed E-state index contributed by atoms with van der Waals surface area (Å²) in [6, 6.07) is 0. The monoisotopic (exact) mass is 216 g/mol. The molecule has 0 aliphatic heterocycles. The van der Waals surface area contributed by atoms with Crippen LogP contribution in [0.3, 0.4) is 0 Å². The number of nitrogens with one attached hydrogen (secondary N) is 1. The molecule has 0 aromatic rings. The highest BCUT2D eigenvalue weighted by Crippen LogP contribution is 2.18. The molecule has 0 amide bonds.